The van der Waals surface area contributed by atoms with Crippen LogP contribution in [-0.2, 0) is 6.54 Å². The molecule has 1 aromatic carbocycles. The Morgan fingerprint density at radius 3 is 2.75 bits per heavy atom. The smallest absolute Gasteiger partial charge is 0.163 e. The zero-order chi connectivity index (χ0) is 16.5. The first-order valence-corrected chi connectivity index (χ1v) is 9.01. The lowest BCUT2D eigenvalue weighted by Crippen LogP contribution is -2.26. The van der Waals surface area contributed by atoms with Crippen LogP contribution in [0.3, 0.4) is 0 Å². The van der Waals surface area contributed by atoms with E-state index >= 15 is 0 Å². The molecule has 0 unspecified atom stereocenters. The molecule has 4 rings (SSSR count). The molecule has 24 heavy (non-hydrogen) atoms. The van der Waals surface area contributed by atoms with Crippen molar-refractivity contribution in [2.24, 2.45) is 0 Å². The zero-order valence-electron chi connectivity index (χ0n) is 13.7. The summed E-state index contributed by atoms with van der Waals surface area (Å²) in [5, 5.41) is 0.971. The molecule has 122 valence electrons. The number of hydrogen-bond donors (Lipinski definition) is 1. The minimum Gasteiger partial charge on any atom is -0.383 e. The van der Waals surface area contributed by atoms with Crippen LogP contribution in [0.15, 0.2) is 42.5 Å². The number of rotatable bonds is 3. The summed E-state index contributed by atoms with van der Waals surface area (Å²) in [5.74, 6) is 1.27. The topological polar surface area (TPSA) is 55.0 Å². The maximum absolute atomic E-state index is 6.20. The van der Waals surface area contributed by atoms with Crippen molar-refractivity contribution in [3.05, 3.63) is 52.9 Å². The average Bonchev–Trinajstić information content (AvgIpc) is 2.99. The molecule has 3 aromatic rings. The monoisotopic (exact) mass is 336 g/mol. The van der Waals surface area contributed by atoms with Crippen molar-refractivity contribution in [3.63, 3.8) is 0 Å². The number of nitrogens with zero attached hydrogens (tertiary/aromatic N) is 3. The third-order valence-electron chi connectivity index (χ3n) is 4.30. The van der Waals surface area contributed by atoms with Crippen molar-refractivity contribution in [2.75, 3.05) is 18.8 Å². The van der Waals surface area contributed by atoms with Gasteiger partial charge < -0.3 is 5.73 Å². The van der Waals surface area contributed by atoms with Crippen LogP contribution in [0.5, 0.6) is 0 Å². The second kappa shape index (κ2) is 6.34. The largest absolute Gasteiger partial charge is 0.383 e. The molecule has 4 nitrogen and oxygen atoms in total. The van der Waals surface area contributed by atoms with E-state index in [1.54, 1.807) is 11.3 Å². The number of benzene rings is 1. The lowest BCUT2D eigenvalue weighted by Gasteiger charge is -2.21. The van der Waals surface area contributed by atoms with Crippen LogP contribution in [0.2, 0.25) is 0 Å². The van der Waals surface area contributed by atoms with Gasteiger partial charge in [-0.3, -0.25) is 4.90 Å². The Kier molecular flexibility index (Phi) is 4.04. The standard InChI is InChI=1S/C19H20N4S/c1-13-5-7-14(8-6-13)18-21-17(20)16-11-15(24-19(16)22-18)12-23-9-3-2-4-10-23/h2-3,5-8,11H,4,9-10,12H2,1H3,(H2,20,21,22). The Labute approximate surface area is 145 Å². The summed E-state index contributed by atoms with van der Waals surface area (Å²) in [6.45, 7) is 5.15. The number of aromatic nitrogens is 2. The van der Waals surface area contributed by atoms with Gasteiger partial charge in [0, 0.05) is 30.1 Å². The van der Waals surface area contributed by atoms with Gasteiger partial charge in [-0.1, -0.05) is 42.0 Å². The van der Waals surface area contributed by atoms with E-state index in [2.05, 4.69) is 47.2 Å². The highest BCUT2D eigenvalue weighted by atomic mass is 32.1. The molecule has 3 heterocycles. The Hall–Kier alpha value is -2.24. The van der Waals surface area contributed by atoms with E-state index in [9.17, 15) is 0 Å². The van der Waals surface area contributed by atoms with E-state index in [1.807, 2.05) is 12.1 Å². The van der Waals surface area contributed by atoms with Crippen molar-refractivity contribution in [1.29, 1.82) is 0 Å². The first kappa shape index (κ1) is 15.3. The van der Waals surface area contributed by atoms with Crippen molar-refractivity contribution < 1.29 is 0 Å². The quantitative estimate of drug-likeness (QED) is 0.734. The number of aryl methyl sites for hydroxylation is 1. The van der Waals surface area contributed by atoms with Crippen molar-refractivity contribution in [3.8, 4) is 11.4 Å². The summed E-state index contributed by atoms with van der Waals surface area (Å²) < 4.78 is 0. The third kappa shape index (κ3) is 3.05. The molecule has 0 saturated heterocycles. The number of hydrogen-bond acceptors (Lipinski definition) is 5. The Morgan fingerprint density at radius 1 is 1.17 bits per heavy atom. The molecule has 0 spiro atoms. The number of nitrogen functional groups attached to an aromatic ring is 1. The van der Waals surface area contributed by atoms with E-state index in [0.717, 1.165) is 41.8 Å². The predicted octanol–water partition coefficient (Wildman–Crippen LogP) is 4.01. The number of thiophene rings is 1. The summed E-state index contributed by atoms with van der Waals surface area (Å²) in [7, 11) is 0. The zero-order valence-corrected chi connectivity index (χ0v) is 14.5. The van der Waals surface area contributed by atoms with Gasteiger partial charge in [-0.2, -0.15) is 0 Å². The van der Waals surface area contributed by atoms with Crippen molar-refractivity contribution in [2.45, 2.75) is 19.9 Å². The van der Waals surface area contributed by atoms with Gasteiger partial charge in [0.05, 0.1) is 5.39 Å². The number of anilines is 1. The first-order chi connectivity index (χ1) is 11.7. The second-order valence-electron chi connectivity index (χ2n) is 6.23. The molecule has 0 radical (unpaired) electrons. The molecule has 2 N–H and O–H groups in total. The highest BCUT2D eigenvalue weighted by molar-refractivity contribution is 7.18. The minimum absolute atomic E-state index is 0.566. The van der Waals surface area contributed by atoms with Gasteiger partial charge in [0.2, 0.25) is 0 Å². The third-order valence-corrected chi connectivity index (χ3v) is 5.32. The normalized spacial score (nSPS) is 15.2. The second-order valence-corrected chi connectivity index (χ2v) is 7.34. The number of fused-ring (bicyclic) bond motifs is 1. The fourth-order valence-corrected chi connectivity index (χ4v) is 4.03. The minimum atomic E-state index is 0.566. The molecular weight excluding hydrogens is 316 g/mol. The predicted molar refractivity (Wildman–Crippen MR) is 101 cm³/mol. The molecule has 1 aliphatic rings. The molecule has 5 heteroatoms. The summed E-state index contributed by atoms with van der Waals surface area (Å²) >= 11 is 1.72. The van der Waals surface area contributed by atoms with Gasteiger partial charge in [0.15, 0.2) is 5.82 Å². The van der Waals surface area contributed by atoms with Crippen LogP contribution in [0, 0.1) is 6.92 Å². The van der Waals surface area contributed by atoms with E-state index in [-0.39, 0.29) is 0 Å². The van der Waals surface area contributed by atoms with E-state index in [4.69, 9.17) is 10.7 Å². The average molecular weight is 336 g/mol. The molecule has 0 atom stereocenters. The maximum Gasteiger partial charge on any atom is 0.163 e. The molecule has 1 aliphatic heterocycles. The van der Waals surface area contributed by atoms with Crippen molar-refractivity contribution >= 4 is 27.4 Å². The van der Waals surface area contributed by atoms with Gasteiger partial charge in [0.25, 0.3) is 0 Å². The highest BCUT2D eigenvalue weighted by Crippen LogP contribution is 2.31. The van der Waals surface area contributed by atoms with Gasteiger partial charge in [-0.05, 0) is 19.4 Å². The van der Waals surface area contributed by atoms with Gasteiger partial charge in [0.1, 0.15) is 10.6 Å². The van der Waals surface area contributed by atoms with E-state index < -0.39 is 0 Å². The SMILES string of the molecule is Cc1ccc(-c2nc(N)c3cc(CN4CC=CCC4)sc3n2)cc1. The van der Waals surface area contributed by atoms with Crippen LogP contribution in [-0.4, -0.2) is 28.0 Å². The highest BCUT2D eigenvalue weighted by Gasteiger charge is 2.13. The first-order valence-electron chi connectivity index (χ1n) is 8.19. The molecule has 0 amide bonds. The van der Waals surface area contributed by atoms with Crippen LogP contribution < -0.4 is 5.73 Å². The summed E-state index contributed by atoms with van der Waals surface area (Å²) in [6, 6.07) is 10.4. The molecule has 0 saturated carbocycles. The fraction of sp³-hybridized carbons (Fsp3) is 0.263. The maximum atomic E-state index is 6.20. The van der Waals surface area contributed by atoms with Crippen LogP contribution in [0.25, 0.3) is 21.6 Å². The lowest BCUT2D eigenvalue weighted by molar-refractivity contribution is 0.293. The van der Waals surface area contributed by atoms with Gasteiger partial charge in [-0.15, -0.1) is 11.3 Å². The Bertz CT molecular complexity index is 896. The molecular formula is C19H20N4S. The Morgan fingerprint density at radius 2 is 2.00 bits per heavy atom. The van der Waals surface area contributed by atoms with Crippen LogP contribution in [0.1, 0.15) is 16.9 Å². The van der Waals surface area contributed by atoms with Crippen LogP contribution in [0.4, 0.5) is 5.82 Å². The number of nitrogens with two attached hydrogens (primary N) is 1. The van der Waals surface area contributed by atoms with Crippen molar-refractivity contribution in [1.82, 2.24) is 14.9 Å². The summed E-state index contributed by atoms with van der Waals surface area (Å²) in [5.41, 5.74) is 8.43. The summed E-state index contributed by atoms with van der Waals surface area (Å²) in [6.07, 6.45) is 5.61. The Balaban J connectivity index is 1.67. The molecule has 0 bridgehead atoms. The molecule has 0 aliphatic carbocycles. The fourth-order valence-electron chi connectivity index (χ4n) is 2.96. The molecule has 2 aromatic heterocycles. The van der Waals surface area contributed by atoms with E-state index in [0.29, 0.717) is 11.6 Å². The van der Waals surface area contributed by atoms with Crippen LogP contribution >= 0.6 is 11.3 Å². The molecule has 0 fully saturated rings. The van der Waals surface area contributed by atoms with Gasteiger partial charge in [-0.25, -0.2) is 9.97 Å². The summed E-state index contributed by atoms with van der Waals surface area (Å²) in [4.78, 5) is 14.0. The van der Waals surface area contributed by atoms with Gasteiger partial charge >= 0.3 is 0 Å². The lowest BCUT2D eigenvalue weighted by atomic mass is 10.1. The van der Waals surface area contributed by atoms with E-state index in [1.165, 1.54) is 10.4 Å².